The molecular formula is C11H18N2O4S2. The zero-order valence-corrected chi connectivity index (χ0v) is 12.8. The van der Waals surface area contributed by atoms with Gasteiger partial charge in [0.2, 0.25) is 10.0 Å². The van der Waals surface area contributed by atoms with Crippen LogP contribution in [0.15, 0.2) is 17.2 Å². The first kappa shape index (κ1) is 16.1. The van der Waals surface area contributed by atoms with E-state index in [0.717, 1.165) is 0 Å². The quantitative estimate of drug-likeness (QED) is 0.818. The fraction of sp³-hybridized carbons (Fsp3) is 0.545. The van der Waals surface area contributed by atoms with Gasteiger partial charge in [0.1, 0.15) is 10.6 Å². The van der Waals surface area contributed by atoms with Crippen LogP contribution in [0.5, 0.6) is 0 Å². The number of rotatable bonds is 7. The Kier molecular flexibility index (Phi) is 5.45. The molecule has 0 fully saturated rings. The van der Waals surface area contributed by atoms with Gasteiger partial charge in [-0.15, -0.1) is 0 Å². The highest BCUT2D eigenvalue weighted by Gasteiger charge is 2.24. The van der Waals surface area contributed by atoms with Crippen LogP contribution in [0.2, 0.25) is 0 Å². The van der Waals surface area contributed by atoms with Gasteiger partial charge in [0.25, 0.3) is 0 Å². The van der Waals surface area contributed by atoms with Gasteiger partial charge in [0.05, 0.1) is 0 Å². The van der Waals surface area contributed by atoms with E-state index < -0.39 is 16.0 Å². The highest BCUT2D eigenvalue weighted by Crippen LogP contribution is 2.18. The van der Waals surface area contributed by atoms with Crippen LogP contribution in [0.4, 0.5) is 0 Å². The summed E-state index contributed by atoms with van der Waals surface area (Å²) in [5.41, 5.74) is -0.0145. The van der Waals surface area contributed by atoms with Gasteiger partial charge in [-0.2, -0.15) is 11.8 Å². The topological polar surface area (TPSA) is 79.6 Å². The number of aryl methyl sites for hydroxylation is 1. The number of aromatic carboxylic acids is 1. The molecule has 0 amide bonds. The van der Waals surface area contributed by atoms with E-state index in [0.29, 0.717) is 18.8 Å². The molecule has 108 valence electrons. The number of carboxylic acids is 1. The van der Waals surface area contributed by atoms with Crippen LogP contribution >= 0.6 is 11.8 Å². The maximum atomic E-state index is 12.3. The van der Waals surface area contributed by atoms with Gasteiger partial charge < -0.3 is 9.67 Å². The second-order valence-corrected chi connectivity index (χ2v) is 7.00. The highest BCUT2D eigenvalue weighted by atomic mass is 32.2. The van der Waals surface area contributed by atoms with Crippen molar-refractivity contribution in [2.75, 3.05) is 25.6 Å². The van der Waals surface area contributed by atoms with Gasteiger partial charge in [-0.25, -0.2) is 17.5 Å². The number of carboxylic acid groups (broad SMARTS) is 1. The van der Waals surface area contributed by atoms with E-state index in [4.69, 9.17) is 5.11 Å². The van der Waals surface area contributed by atoms with Gasteiger partial charge in [0.15, 0.2) is 0 Å². The molecule has 0 bridgehead atoms. The van der Waals surface area contributed by atoms with Crippen LogP contribution in [0.1, 0.15) is 17.4 Å². The lowest BCUT2D eigenvalue weighted by Crippen LogP contribution is -2.28. The number of hydrogen-bond acceptors (Lipinski definition) is 4. The van der Waals surface area contributed by atoms with Crippen LogP contribution in [0, 0.1) is 0 Å². The van der Waals surface area contributed by atoms with E-state index in [1.54, 1.807) is 18.7 Å². The molecule has 6 nitrogen and oxygen atoms in total. The van der Waals surface area contributed by atoms with Crippen molar-refractivity contribution in [3.63, 3.8) is 0 Å². The Morgan fingerprint density at radius 2 is 2.16 bits per heavy atom. The van der Waals surface area contributed by atoms with E-state index in [1.807, 2.05) is 6.26 Å². The van der Waals surface area contributed by atoms with Gasteiger partial charge in [-0.3, -0.25) is 0 Å². The summed E-state index contributed by atoms with van der Waals surface area (Å²) in [6, 6.07) is 1.21. The molecule has 0 saturated heterocycles. The summed E-state index contributed by atoms with van der Waals surface area (Å²) >= 11 is 1.55. The molecule has 0 spiro atoms. The van der Waals surface area contributed by atoms with Crippen molar-refractivity contribution in [3.8, 4) is 0 Å². The maximum Gasteiger partial charge on any atom is 0.352 e. The van der Waals surface area contributed by atoms with Crippen molar-refractivity contribution in [3.05, 3.63) is 18.0 Å². The lowest BCUT2D eigenvalue weighted by molar-refractivity contribution is 0.0685. The average molecular weight is 306 g/mol. The smallest absolute Gasteiger partial charge is 0.352 e. The zero-order chi connectivity index (χ0) is 14.6. The minimum atomic E-state index is -3.62. The summed E-state index contributed by atoms with van der Waals surface area (Å²) in [7, 11) is -2.13. The molecule has 0 aromatic carbocycles. The largest absolute Gasteiger partial charge is 0.477 e. The van der Waals surface area contributed by atoms with Gasteiger partial charge in [0, 0.05) is 32.1 Å². The molecule has 1 aromatic rings. The van der Waals surface area contributed by atoms with Gasteiger partial charge in [-0.05, 0) is 19.2 Å². The second-order valence-electron chi connectivity index (χ2n) is 3.97. The molecule has 1 heterocycles. The third kappa shape index (κ3) is 3.52. The lowest BCUT2D eigenvalue weighted by atomic mass is 10.4. The monoisotopic (exact) mass is 306 g/mol. The van der Waals surface area contributed by atoms with Crippen molar-refractivity contribution in [2.24, 2.45) is 0 Å². The first-order valence-corrected chi connectivity index (χ1v) is 8.56. The Morgan fingerprint density at radius 1 is 1.53 bits per heavy atom. The minimum absolute atomic E-state index is 0.0145. The van der Waals surface area contributed by atoms with E-state index in [1.165, 1.54) is 28.2 Å². The summed E-state index contributed by atoms with van der Waals surface area (Å²) in [4.78, 5) is 11.1. The molecule has 0 atom stereocenters. The van der Waals surface area contributed by atoms with Crippen molar-refractivity contribution in [1.29, 1.82) is 0 Å². The number of carbonyl (C=O) groups is 1. The van der Waals surface area contributed by atoms with Crippen molar-refractivity contribution >= 4 is 27.8 Å². The molecule has 8 heteroatoms. The SMILES string of the molecule is CCn1cc(S(=O)(=O)N(C)CCSC)cc1C(=O)O. The molecule has 19 heavy (non-hydrogen) atoms. The summed E-state index contributed by atoms with van der Waals surface area (Å²) < 4.78 is 27.2. The van der Waals surface area contributed by atoms with Crippen LogP contribution in [0.3, 0.4) is 0 Å². The third-order valence-corrected chi connectivity index (χ3v) is 5.16. The summed E-state index contributed by atoms with van der Waals surface area (Å²) in [5, 5.41) is 9.02. The third-order valence-electron chi connectivity index (χ3n) is 2.75. The van der Waals surface area contributed by atoms with Crippen molar-refractivity contribution in [2.45, 2.75) is 18.4 Å². The van der Waals surface area contributed by atoms with Crippen LogP contribution in [-0.4, -0.2) is 54.0 Å². The second kappa shape index (κ2) is 6.44. The van der Waals surface area contributed by atoms with E-state index in [-0.39, 0.29) is 10.6 Å². The molecular weight excluding hydrogens is 288 g/mol. The molecule has 0 aliphatic carbocycles. The van der Waals surface area contributed by atoms with Crippen molar-refractivity contribution < 1.29 is 18.3 Å². The molecule has 0 aliphatic rings. The summed E-state index contributed by atoms with van der Waals surface area (Å²) in [5.74, 6) is -0.439. The van der Waals surface area contributed by atoms with E-state index >= 15 is 0 Å². The Balaban J connectivity index is 3.11. The Bertz CT molecular complexity index is 551. The summed E-state index contributed by atoms with van der Waals surface area (Å²) in [6.07, 6.45) is 3.27. The average Bonchev–Trinajstić information content (AvgIpc) is 2.80. The minimum Gasteiger partial charge on any atom is -0.477 e. The van der Waals surface area contributed by atoms with E-state index in [2.05, 4.69) is 0 Å². The van der Waals surface area contributed by atoms with Gasteiger partial charge >= 0.3 is 5.97 Å². The standard InChI is InChI=1S/C11H18N2O4S2/c1-4-13-8-9(7-10(13)11(14)15)19(16,17)12(2)5-6-18-3/h7-8H,4-6H2,1-3H3,(H,14,15). The molecule has 0 saturated carbocycles. The van der Waals surface area contributed by atoms with Crippen LogP contribution < -0.4 is 0 Å². The number of sulfonamides is 1. The zero-order valence-electron chi connectivity index (χ0n) is 11.2. The van der Waals surface area contributed by atoms with Crippen LogP contribution in [-0.2, 0) is 16.6 Å². The fourth-order valence-electron chi connectivity index (χ4n) is 1.59. The van der Waals surface area contributed by atoms with Crippen molar-refractivity contribution in [1.82, 2.24) is 8.87 Å². The Labute approximate surface area is 117 Å². The molecule has 1 aromatic heterocycles. The predicted molar refractivity (Wildman–Crippen MR) is 75.3 cm³/mol. The predicted octanol–water partition coefficient (Wildman–Crippen LogP) is 1.19. The molecule has 1 rings (SSSR count). The number of nitrogens with zero attached hydrogens (tertiary/aromatic N) is 2. The molecule has 0 radical (unpaired) electrons. The number of thioether (sulfide) groups is 1. The van der Waals surface area contributed by atoms with Gasteiger partial charge in [-0.1, -0.05) is 0 Å². The Hall–Kier alpha value is -0.990. The molecule has 1 N–H and O–H groups in total. The summed E-state index contributed by atoms with van der Waals surface area (Å²) in [6.45, 7) is 2.56. The first-order valence-electron chi connectivity index (χ1n) is 5.73. The molecule has 0 unspecified atom stereocenters. The van der Waals surface area contributed by atoms with Crippen LogP contribution in [0.25, 0.3) is 0 Å². The fourth-order valence-corrected chi connectivity index (χ4v) is 3.37. The lowest BCUT2D eigenvalue weighted by Gasteiger charge is -2.15. The normalized spacial score (nSPS) is 12.0. The first-order chi connectivity index (χ1) is 8.84. The number of aromatic nitrogens is 1. The van der Waals surface area contributed by atoms with E-state index in [9.17, 15) is 13.2 Å². The Morgan fingerprint density at radius 3 is 2.58 bits per heavy atom. The number of hydrogen-bond donors (Lipinski definition) is 1. The molecule has 0 aliphatic heterocycles. The highest BCUT2D eigenvalue weighted by molar-refractivity contribution is 7.98. The maximum absolute atomic E-state index is 12.3.